The molecule has 2 N–H and O–H groups in total. The molecule has 1 unspecified atom stereocenters. The van der Waals surface area contributed by atoms with Crippen molar-refractivity contribution in [2.45, 2.75) is 26.3 Å². The molecule has 1 atom stereocenters. The molecule has 1 aromatic carbocycles. The molecule has 0 aliphatic rings. The maximum absolute atomic E-state index is 11.8. The van der Waals surface area contributed by atoms with Crippen molar-refractivity contribution in [3.05, 3.63) is 42.0 Å². The van der Waals surface area contributed by atoms with Crippen LogP contribution in [0.1, 0.15) is 30.8 Å². The lowest BCUT2D eigenvalue weighted by atomic mass is 10.2. The van der Waals surface area contributed by atoms with E-state index >= 15 is 0 Å². The zero-order chi connectivity index (χ0) is 14.4. The van der Waals surface area contributed by atoms with Gasteiger partial charge in [-0.2, -0.15) is 5.10 Å². The monoisotopic (exact) mass is 274 g/mol. The summed E-state index contributed by atoms with van der Waals surface area (Å²) in [4.78, 5) is 15.7. The predicted molar refractivity (Wildman–Crippen MR) is 74.2 cm³/mol. The first-order valence-electron chi connectivity index (χ1n) is 6.49. The molecule has 1 heterocycles. The van der Waals surface area contributed by atoms with Crippen molar-refractivity contribution in [2.24, 2.45) is 0 Å². The summed E-state index contributed by atoms with van der Waals surface area (Å²) in [6.45, 7) is 4.19. The lowest BCUT2D eigenvalue weighted by Gasteiger charge is -2.11. The summed E-state index contributed by atoms with van der Waals surface area (Å²) < 4.78 is 5.53. The molecule has 0 radical (unpaired) electrons. The summed E-state index contributed by atoms with van der Waals surface area (Å²) in [7, 11) is 0. The van der Waals surface area contributed by atoms with Crippen LogP contribution in [0.5, 0.6) is 5.75 Å². The van der Waals surface area contributed by atoms with Crippen molar-refractivity contribution in [1.82, 2.24) is 20.5 Å². The van der Waals surface area contributed by atoms with E-state index in [1.165, 1.54) is 6.33 Å². The summed E-state index contributed by atoms with van der Waals surface area (Å²) in [6.07, 6.45) is 1.71. The van der Waals surface area contributed by atoms with Crippen LogP contribution in [-0.4, -0.2) is 27.7 Å². The molecule has 0 aliphatic heterocycles. The maximum Gasteiger partial charge on any atom is 0.224 e. The molecule has 0 aliphatic carbocycles. The summed E-state index contributed by atoms with van der Waals surface area (Å²) in [6, 6.07) is 7.55. The van der Waals surface area contributed by atoms with Crippen molar-refractivity contribution in [2.75, 3.05) is 6.61 Å². The fourth-order valence-corrected chi connectivity index (χ4v) is 1.77. The summed E-state index contributed by atoms with van der Waals surface area (Å²) in [5.41, 5.74) is 1.13. The number of rotatable bonds is 6. The normalized spacial score (nSPS) is 11.9. The maximum atomic E-state index is 11.8. The van der Waals surface area contributed by atoms with Gasteiger partial charge in [-0.15, -0.1) is 0 Å². The molecule has 6 nitrogen and oxygen atoms in total. The van der Waals surface area contributed by atoms with Crippen molar-refractivity contribution in [3.63, 3.8) is 0 Å². The Labute approximate surface area is 117 Å². The number of hydrogen-bond donors (Lipinski definition) is 2. The highest BCUT2D eigenvalue weighted by Gasteiger charge is 2.11. The standard InChI is InChI=1S/C14H18N4O2/c1-10-4-3-5-12(8-10)20-7-6-13(19)17-11(2)14-15-9-16-18-14/h3-5,8-9,11H,6-7H2,1-2H3,(H,17,19)(H,15,16,18). The Kier molecular flexibility index (Phi) is 4.70. The number of ether oxygens (including phenoxy) is 1. The van der Waals surface area contributed by atoms with E-state index in [4.69, 9.17) is 4.74 Å². The van der Waals surface area contributed by atoms with Gasteiger partial charge in [-0.25, -0.2) is 4.98 Å². The molecule has 0 spiro atoms. The van der Waals surface area contributed by atoms with Crippen LogP contribution < -0.4 is 10.1 Å². The summed E-state index contributed by atoms with van der Waals surface area (Å²) >= 11 is 0. The highest BCUT2D eigenvalue weighted by atomic mass is 16.5. The number of aryl methyl sites for hydroxylation is 1. The van der Waals surface area contributed by atoms with E-state index in [9.17, 15) is 4.79 Å². The Morgan fingerprint density at radius 1 is 1.50 bits per heavy atom. The lowest BCUT2D eigenvalue weighted by Crippen LogP contribution is -2.28. The number of nitrogens with one attached hydrogen (secondary N) is 2. The van der Waals surface area contributed by atoms with Crippen LogP contribution in [-0.2, 0) is 4.79 Å². The molecule has 0 fully saturated rings. The molecular formula is C14H18N4O2. The summed E-state index contributed by atoms with van der Waals surface area (Å²) in [5.74, 6) is 1.33. The van der Waals surface area contributed by atoms with Crippen LogP contribution in [0, 0.1) is 6.92 Å². The fourth-order valence-electron chi connectivity index (χ4n) is 1.77. The predicted octanol–water partition coefficient (Wildman–Crippen LogP) is 1.76. The Morgan fingerprint density at radius 3 is 3.05 bits per heavy atom. The van der Waals surface area contributed by atoms with E-state index in [2.05, 4.69) is 20.5 Å². The van der Waals surface area contributed by atoms with Crippen LogP contribution in [0.3, 0.4) is 0 Å². The number of aromatic nitrogens is 3. The minimum absolute atomic E-state index is 0.0819. The molecule has 1 amide bonds. The Morgan fingerprint density at radius 2 is 2.35 bits per heavy atom. The van der Waals surface area contributed by atoms with Crippen LogP contribution in [0.15, 0.2) is 30.6 Å². The molecule has 2 aromatic rings. The van der Waals surface area contributed by atoms with Gasteiger partial charge in [0.25, 0.3) is 0 Å². The Hall–Kier alpha value is -2.37. The topological polar surface area (TPSA) is 79.9 Å². The molecule has 0 saturated heterocycles. The van der Waals surface area contributed by atoms with Gasteiger partial charge < -0.3 is 10.1 Å². The van der Waals surface area contributed by atoms with Gasteiger partial charge in [0.2, 0.25) is 5.91 Å². The van der Waals surface area contributed by atoms with Crippen molar-refractivity contribution in [1.29, 1.82) is 0 Å². The molecule has 6 heteroatoms. The van der Waals surface area contributed by atoms with Crippen molar-refractivity contribution in [3.8, 4) is 5.75 Å². The first-order chi connectivity index (χ1) is 9.65. The average Bonchev–Trinajstić information content (AvgIpc) is 2.92. The third-order valence-electron chi connectivity index (χ3n) is 2.81. The molecule has 2 rings (SSSR count). The Bertz CT molecular complexity index is 554. The number of aromatic amines is 1. The summed E-state index contributed by atoms with van der Waals surface area (Å²) in [5, 5.41) is 9.30. The van der Waals surface area contributed by atoms with E-state index < -0.39 is 0 Å². The number of amides is 1. The molecule has 20 heavy (non-hydrogen) atoms. The fraction of sp³-hybridized carbons (Fsp3) is 0.357. The minimum Gasteiger partial charge on any atom is -0.493 e. The van der Waals surface area contributed by atoms with E-state index in [1.807, 2.05) is 38.1 Å². The van der Waals surface area contributed by atoms with Gasteiger partial charge >= 0.3 is 0 Å². The van der Waals surface area contributed by atoms with Crippen molar-refractivity contribution < 1.29 is 9.53 Å². The zero-order valence-corrected chi connectivity index (χ0v) is 11.6. The largest absolute Gasteiger partial charge is 0.493 e. The SMILES string of the molecule is Cc1cccc(OCCC(=O)NC(C)c2ncn[nH]2)c1. The van der Waals surface area contributed by atoms with E-state index in [-0.39, 0.29) is 11.9 Å². The number of benzene rings is 1. The highest BCUT2D eigenvalue weighted by Crippen LogP contribution is 2.12. The van der Waals surface area contributed by atoms with Gasteiger partial charge in [0.05, 0.1) is 19.1 Å². The van der Waals surface area contributed by atoms with Gasteiger partial charge in [-0.3, -0.25) is 9.89 Å². The number of nitrogens with zero attached hydrogens (tertiary/aromatic N) is 2. The number of hydrogen-bond acceptors (Lipinski definition) is 4. The van der Waals surface area contributed by atoms with Crippen molar-refractivity contribution >= 4 is 5.91 Å². The van der Waals surface area contributed by atoms with Crippen LogP contribution >= 0.6 is 0 Å². The van der Waals surface area contributed by atoms with Gasteiger partial charge in [0.1, 0.15) is 17.9 Å². The second-order valence-electron chi connectivity index (χ2n) is 4.57. The first kappa shape index (κ1) is 14.0. The third kappa shape index (κ3) is 4.08. The van der Waals surface area contributed by atoms with Gasteiger partial charge in [0, 0.05) is 0 Å². The molecule has 106 valence electrons. The van der Waals surface area contributed by atoms with Crippen LogP contribution in [0.25, 0.3) is 0 Å². The highest BCUT2D eigenvalue weighted by molar-refractivity contribution is 5.76. The van der Waals surface area contributed by atoms with E-state index in [0.717, 1.165) is 11.3 Å². The second kappa shape index (κ2) is 6.70. The van der Waals surface area contributed by atoms with E-state index in [0.29, 0.717) is 18.9 Å². The number of carbonyl (C=O) groups is 1. The van der Waals surface area contributed by atoms with Gasteiger partial charge in [-0.1, -0.05) is 12.1 Å². The second-order valence-corrected chi connectivity index (χ2v) is 4.57. The molecule has 1 aromatic heterocycles. The zero-order valence-electron chi connectivity index (χ0n) is 11.6. The third-order valence-corrected chi connectivity index (χ3v) is 2.81. The van der Waals surface area contributed by atoms with Crippen LogP contribution in [0.2, 0.25) is 0 Å². The molecular weight excluding hydrogens is 256 g/mol. The number of carbonyl (C=O) groups excluding carboxylic acids is 1. The minimum atomic E-state index is -0.191. The average molecular weight is 274 g/mol. The smallest absolute Gasteiger partial charge is 0.224 e. The van der Waals surface area contributed by atoms with Gasteiger partial charge in [-0.05, 0) is 31.5 Å². The molecule has 0 bridgehead atoms. The quantitative estimate of drug-likeness (QED) is 0.841. The number of H-pyrrole nitrogens is 1. The first-order valence-corrected chi connectivity index (χ1v) is 6.49. The Balaban J connectivity index is 1.73. The van der Waals surface area contributed by atoms with Gasteiger partial charge in [0.15, 0.2) is 0 Å². The van der Waals surface area contributed by atoms with Crippen LogP contribution in [0.4, 0.5) is 0 Å². The molecule has 0 saturated carbocycles. The lowest BCUT2D eigenvalue weighted by molar-refractivity contribution is -0.122. The van der Waals surface area contributed by atoms with E-state index in [1.54, 1.807) is 0 Å².